The van der Waals surface area contributed by atoms with Gasteiger partial charge in [-0.15, -0.1) is 0 Å². The number of carbonyl (C=O) groups excluding carboxylic acids is 3. The predicted octanol–water partition coefficient (Wildman–Crippen LogP) is 5.57. The van der Waals surface area contributed by atoms with E-state index in [1.165, 1.54) is 24.3 Å². The Morgan fingerprint density at radius 1 is 0.917 bits per heavy atom. The molecular formula is C27H22Cl2N2O5. The molecule has 3 aromatic carbocycles. The van der Waals surface area contributed by atoms with Crippen LogP contribution in [0.3, 0.4) is 0 Å². The summed E-state index contributed by atoms with van der Waals surface area (Å²) in [6, 6.07) is 12.8. The van der Waals surface area contributed by atoms with Gasteiger partial charge in [-0.25, -0.2) is 4.90 Å². The molecule has 3 amide bonds. The largest absolute Gasteiger partial charge is 0.493 e. The van der Waals surface area contributed by atoms with Crippen LogP contribution in [-0.2, 0) is 6.42 Å². The Bertz CT molecular complexity index is 1440. The number of carbonyl (C=O) groups is 3. The van der Waals surface area contributed by atoms with E-state index in [-0.39, 0.29) is 33.8 Å². The number of anilines is 1. The molecule has 1 atom stereocenters. The van der Waals surface area contributed by atoms with Gasteiger partial charge in [0.15, 0.2) is 11.5 Å². The van der Waals surface area contributed by atoms with Crippen molar-refractivity contribution < 1.29 is 23.9 Å². The van der Waals surface area contributed by atoms with Crippen LogP contribution in [0.5, 0.6) is 11.5 Å². The van der Waals surface area contributed by atoms with Crippen LogP contribution in [0.1, 0.15) is 55.2 Å². The first-order valence-electron chi connectivity index (χ1n) is 11.3. The minimum atomic E-state index is -0.553. The second-order valence-electron chi connectivity index (χ2n) is 8.63. The molecule has 0 radical (unpaired) electrons. The van der Waals surface area contributed by atoms with Crippen molar-refractivity contribution in [3.63, 3.8) is 0 Å². The molecule has 2 aliphatic rings. The molecule has 0 unspecified atom stereocenters. The number of hydrogen-bond donors (Lipinski definition) is 0. The third-order valence-electron chi connectivity index (χ3n) is 6.73. The molecule has 9 heteroatoms. The van der Waals surface area contributed by atoms with E-state index in [0.29, 0.717) is 35.1 Å². The van der Waals surface area contributed by atoms with Gasteiger partial charge in [0, 0.05) is 17.1 Å². The van der Waals surface area contributed by atoms with E-state index in [9.17, 15) is 14.4 Å². The van der Waals surface area contributed by atoms with Gasteiger partial charge >= 0.3 is 0 Å². The van der Waals surface area contributed by atoms with E-state index < -0.39 is 11.8 Å². The van der Waals surface area contributed by atoms with Crippen LogP contribution in [-0.4, -0.2) is 43.4 Å². The Kier molecular flexibility index (Phi) is 6.14. The highest BCUT2D eigenvalue weighted by Gasteiger charge is 2.39. The quantitative estimate of drug-likeness (QED) is 0.417. The molecule has 2 heterocycles. The maximum absolute atomic E-state index is 13.6. The number of benzene rings is 3. The standard InChI is InChI=1S/C27H22Cl2N2O5/c1-14-19-13-24(36-3)23(35-2)11-15(19)8-9-30(14)25(32)16-4-6-18-20(10-16)27(34)31(26(18)33)22-12-17(28)5-7-21(22)29/h4-7,10-14H,8-9H2,1-3H3/t14-/m1/s1. The van der Waals surface area contributed by atoms with E-state index in [4.69, 9.17) is 32.7 Å². The number of methoxy groups -OCH3 is 2. The fourth-order valence-electron chi connectivity index (χ4n) is 4.84. The van der Waals surface area contributed by atoms with Crippen molar-refractivity contribution in [3.8, 4) is 11.5 Å². The summed E-state index contributed by atoms with van der Waals surface area (Å²) in [7, 11) is 3.16. The summed E-state index contributed by atoms with van der Waals surface area (Å²) in [5.74, 6) is -0.0550. The van der Waals surface area contributed by atoms with E-state index in [0.717, 1.165) is 16.0 Å². The highest BCUT2D eigenvalue weighted by atomic mass is 35.5. The van der Waals surface area contributed by atoms with E-state index in [1.807, 2.05) is 19.1 Å². The van der Waals surface area contributed by atoms with Crippen molar-refractivity contribution in [1.29, 1.82) is 0 Å². The van der Waals surface area contributed by atoms with Gasteiger partial charge in [0.05, 0.1) is 42.1 Å². The highest BCUT2D eigenvalue weighted by molar-refractivity contribution is 6.41. The molecule has 0 N–H and O–H groups in total. The van der Waals surface area contributed by atoms with Crippen LogP contribution < -0.4 is 14.4 Å². The maximum atomic E-state index is 13.6. The third kappa shape index (κ3) is 3.79. The molecule has 2 aliphatic heterocycles. The molecule has 0 bridgehead atoms. The van der Waals surface area contributed by atoms with Gasteiger partial charge in [0.25, 0.3) is 17.7 Å². The van der Waals surface area contributed by atoms with Crippen molar-refractivity contribution in [3.05, 3.63) is 86.4 Å². The van der Waals surface area contributed by atoms with Gasteiger partial charge in [-0.3, -0.25) is 14.4 Å². The summed E-state index contributed by atoms with van der Waals surface area (Å²) in [6.07, 6.45) is 0.648. The topological polar surface area (TPSA) is 76.2 Å². The van der Waals surface area contributed by atoms with Crippen LogP contribution in [0.25, 0.3) is 0 Å². The molecule has 0 saturated carbocycles. The summed E-state index contributed by atoms with van der Waals surface area (Å²) in [5, 5.41) is 0.563. The lowest BCUT2D eigenvalue weighted by Gasteiger charge is -2.36. The number of rotatable bonds is 4. The molecule has 0 spiro atoms. The van der Waals surface area contributed by atoms with Gasteiger partial charge < -0.3 is 14.4 Å². The normalized spacial score (nSPS) is 16.6. The first kappa shape index (κ1) is 24.2. The van der Waals surface area contributed by atoms with Crippen LogP contribution >= 0.6 is 23.2 Å². The molecule has 7 nitrogen and oxygen atoms in total. The SMILES string of the molecule is COc1cc2c(cc1OC)[C@@H](C)N(C(=O)c1ccc3c(c1)C(=O)N(c1cc(Cl)ccc1Cl)C3=O)CC2. The maximum Gasteiger partial charge on any atom is 0.266 e. The van der Waals surface area contributed by atoms with Crippen molar-refractivity contribution >= 4 is 46.6 Å². The summed E-state index contributed by atoms with van der Waals surface area (Å²) < 4.78 is 10.9. The highest BCUT2D eigenvalue weighted by Crippen LogP contribution is 2.39. The first-order chi connectivity index (χ1) is 17.2. The van der Waals surface area contributed by atoms with Crippen molar-refractivity contribution in [2.45, 2.75) is 19.4 Å². The average Bonchev–Trinajstić information content (AvgIpc) is 3.13. The molecule has 36 heavy (non-hydrogen) atoms. The average molecular weight is 525 g/mol. The first-order valence-corrected chi connectivity index (χ1v) is 12.0. The molecule has 0 aliphatic carbocycles. The molecule has 184 valence electrons. The molecule has 3 aromatic rings. The fourth-order valence-corrected chi connectivity index (χ4v) is 5.21. The summed E-state index contributed by atoms with van der Waals surface area (Å²) >= 11 is 12.3. The van der Waals surface area contributed by atoms with Gasteiger partial charge in [-0.05, 0) is 73.0 Å². The Balaban J connectivity index is 1.46. The van der Waals surface area contributed by atoms with Crippen molar-refractivity contribution in [2.24, 2.45) is 0 Å². The number of ether oxygens (including phenoxy) is 2. The summed E-state index contributed by atoms with van der Waals surface area (Å²) in [4.78, 5) is 42.6. The monoisotopic (exact) mass is 524 g/mol. The van der Waals surface area contributed by atoms with E-state index in [1.54, 1.807) is 31.3 Å². The second kappa shape index (κ2) is 9.15. The second-order valence-corrected chi connectivity index (χ2v) is 9.48. The van der Waals surface area contributed by atoms with E-state index >= 15 is 0 Å². The minimum Gasteiger partial charge on any atom is -0.493 e. The zero-order valence-electron chi connectivity index (χ0n) is 19.8. The van der Waals surface area contributed by atoms with E-state index in [2.05, 4.69) is 0 Å². The lowest BCUT2D eigenvalue weighted by Crippen LogP contribution is -2.39. The molecular weight excluding hydrogens is 503 g/mol. The number of imide groups is 1. The molecule has 0 aromatic heterocycles. The number of hydrogen-bond acceptors (Lipinski definition) is 5. The zero-order valence-corrected chi connectivity index (χ0v) is 21.3. The van der Waals surface area contributed by atoms with Gasteiger partial charge in [-0.1, -0.05) is 23.2 Å². The zero-order chi connectivity index (χ0) is 25.7. The minimum absolute atomic E-state index is 0.151. The van der Waals surface area contributed by atoms with Crippen molar-refractivity contribution in [2.75, 3.05) is 25.7 Å². The number of amides is 3. The smallest absolute Gasteiger partial charge is 0.266 e. The predicted molar refractivity (Wildman–Crippen MR) is 137 cm³/mol. The Labute approximate surface area is 218 Å². The third-order valence-corrected chi connectivity index (χ3v) is 7.28. The molecule has 5 rings (SSSR count). The Morgan fingerprint density at radius 2 is 1.61 bits per heavy atom. The lowest BCUT2D eigenvalue weighted by molar-refractivity contribution is 0.0677. The van der Waals surface area contributed by atoms with Crippen LogP contribution in [0, 0.1) is 0 Å². The van der Waals surface area contributed by atoms with Crippen molar-refractivity contribution in [1.82, 2.24) is 4.90 Å². The summed E-state index contributed by atoms with van der Waals surface area (Å²) in [5.41, 5.74) is 2.95. The van der Waals surface area contributed by atoms with Crippen LogP contribution in [0.2, 0.25) is 10.0 Å². The van der Waals surface area contributed by atoms with Gasteiger partial charge in [0.2, 0.25) is 0 Å². The van der Waals surface area contributed by atoms with Crippen LogP contribution in [0.15, 0.2) is 48.5 Å². The Hall–Kier alpha value is -3.55. The van der Waals surface area contributed by atoms with Crippen LogP contribution in [0.4, 0.5) is 5.69 Å². The lowest BCUT2D eigenvalue weighted by atomic mass is 9.92. The number of fused-ring (bicyclic) bond motifs is 2. The number of nitrogens with zero attached hydrogens (tertiary/aromatic N) is 2. The van der Waals surface area contributed by atoms with Gasteiger partial charge in [0.1, 0.15) is 0 Å². The fraction of sp³-hybridized carbons (Fsp3) is 0.222. The van der Waals surface area contributed by atoms with Gasteiger partial charge in [-0.2, -0.15) is 0 Å². The molecule has 0 fully saturated rings. The molecule has 0 saturated heterocycles. The Morgan fingerprint density at radius 3 is 2.33 bits per heavy atom. The summed E-state index contributed by atoms with van der Waals surface area (Å²) in [6.45, 7) is 2.45. The number of halogens is 2.